The predicted molar refractivity (Wildman–Crippen MR) is 69.4 cm³/mol. The summed E-state index contributed by atoms with van der Waals surface area (Å²) in [5, 5.41) is 9.11. The van der Waals surface area contributed by atoms with Gasteiger partial charge < -0.3 is 9.64 Å². The Hall–Kier alpha value is -1.90. The highest BCUT2D eigenvalue weighted by Crippen LogP contribution is 2.32. The number of nitriles is 1. The fourth-order valence-electron chi connectivity index (χ4n) is 2.42. The second-order valence-electron chi connectivity index (χ2n) is 5.06. The number of ether oxygens (including phenoxy) is 1. The van der Waals surface area contributed by atoms with E-state index in [1.165, 1.54) is 0 Å². The lowest BCUT2D eigenvalue weighted by atomic mass is 10.1. The van der Waals surface area contributed by atoms with Crippen LogP contribution in [0, 0.1) is 11.3 Å². The second-order valence-corrected chi connectivity index (χ2v) is 5.06. The largest absolute Gasteiger partial charge is 0.354 e. The standard InChI is InChI=1S/C14H15N3O2/c1-14(10-19-14)16-6-7-17(13(18)9-16)12-5-3-2-4-11(12)8-15/h2-5H,6-7,9-10H2,1H3. The van der Waals surface area contributed by atoms with Gasteiger partial charge in [0.1, 0.15) is 11.8 Å². The first-order chi connectivity index (χ1) is 9.14. The molecule has 1 atom stereocenters. The summed E-state index contributed by atoms with van der Waals surface area (Å²) in [6.07, 6.45) is 0. The van der Waals surface area contributed by atoms with Gasteiger partial charge >= 0.3 is 0 Å². The molecule has 3 rings (SSSR count). The van der Waals surface area contributed by atoms with Crippen LogP contribution in [0.2, 0.25) is 0 Å². The van der Waals surface area contributed by atoms with Crippen molar-refractivity contribution in [1.82, 2.24) is 4.90 Å². The molecule has 2 aliphatic rings. The molecule has 1 amide bonds. The van der Waals surface area contributed by atoms with Gasteiger partial charge in [-0.25, -0.2) is 0 Å². The molecule has 0 aliphatic carbocycles. The smallest absolute Gasteiger partial charge is 0.241 e. The van der Waals surface area contributed by atoms with E-state index in [-0.39, 0.29) is 11.6 Å². The summed E-state index contributed by atoms with van der Waals surface area (Å²) in [4.78, 5) is 16.0. The van der Waals surface area contributed by atoms with E-state index in [0.29, 0.717) is 30.9 Å². The quantitative estimate of drug-likeness (QED) is 0.740. The van der Waals surface area contributed by atoms with Crippen molar-refractivity contribution in [3.63, 3.8) is 0 Å². The van der Waals surface area contributed by atoms with Gasteiger partial charge in [0.15, 0.2) is 0 Å². The van der Waals surface area contributed by atoms with Crippen molar-refractivity contribution in [3.05, 3.63) is 29.8 Å². The fraction of sp³-hybridized carbons (Fsp3) is 0.429. The number of nitrogens with zero attached hydrogens (tertiary/aromatic N) is 3. The molecule has 5 nitrogen and oxygen atoms in total. The van der Waals surface area contributed by atoms with Crippen molar-refractivity contribution in [1.29, 1.82) is 5.26 Å². The zero-order valence-electron chi connectivity index (χ0n) is 10.8. The molecule has 1 aromatic rings. The van der Waals surface area contributed by atoms with Crippen LogP contribution in [0.3, 0.4) is 0 Å². The molecule has 2 saturated heterocycles. The Morgan fingerprint density at radius 3 is 2.74 bits per heavy atom. The molecule has 0 radical (unpaired) electrons. The van der Waals surface area contributed by atoms with Gasteiger partial charge in [-0.1, -0.05) is 12.1 Å². The van der Waals surface area contributed by atoms with E-state index in [1.54, 1.807) is 11.0 Å². The number of piperazine rings is 1. The van der Waals surface area contributed by atoms with Crippen molar-refractivity contribution < 1.29 is 9.53 Å². The third-order valence-electron chi connectivity index (χ3n) is 3.77. The van der Waals surface area contributed by atoms with Crippen LogP contribution in [-0.4, -0.2) is 42.8 Å². The first-order valence-corrected chi connectivity index (χ1v) is 6.32. The Kier molecular flexibility index (Phi) is 2.77. The van der Waals surface area contributed by atoms with Crippen molar-refractivity contribution in [3.8, 4) is 6.07 Å². The number of anilines is 1. The minimum atomic E-state index is -0.253. The number of carbonyl (C=O) groups excluding carboxylic acids is 1. The van der Waals surface area contributed by atoms with E-state index in [4.69, 9.17) is 10.00 Å². The Balaban J connectivity index is 1.81. The number of carbonyl (C=O) groups is 1. The summed E-state index contributed by atoms with van der Waals surface area (Å²) < 4.78 is 5.37. The predicted octanol–water partition coefficient (Wildman–Crippen LogP) is 0.953. The van der Waals surface area contributed by atoms with Crippen LogP contribution in [0.25, 0.3) is 0 Å². The maximum absolute atomic E-state index is 12.3. The van der Waals surface area contributed by atoms with Crippen LogP contribution in [0.1, 0.15) is 12.5 Å². The zero-order valence-corrected chi connectivity index (χ0v) is 10.8. The molecular weight excluding hydrogens is 242 g/mol. The van der Waals surface area contributed by atoms with Crippen molar-refractivity contribution in [2.75, 3.05) is 31.1 Å². The fourth-order valence-corrected chi connectivity index (χ4v) is 2.42. The molecule has 2 fully saturated rings. The third kappa shape index (κ3) is 2.09. The van der Waals surface area contributed by atoms with Gasteiger partial charge in [-0.05, 0) is 19.1 Å². The van der Waals surface area contributed by atoms with E-state index < -0.39 is 0 Å². The maximum atomic E-state index is 12.3. The maximum Gasteiger partial charge on any atom is 0.241 e. The van der Waals surface area contributed by atoms with Crippen molar-refractivity contribution in [2.45, 2.75) is 12.6 Å². The van der Waals surface area contributed by atoms with Crippen molar-refractivity contribution in [2.24, 2.45) is 0 Å². The number of rotatable bonds is 2. The summed E-state index contributed by atoms with van der Waals surface area (Å²) >= 11 is 0. The average Bonchev–Trinajstić information content (AvgIpc) is 3.18. The third-order valence-corrected chi connectivity index (χ3v) is 3.77. The molecule has 98 valence electrons. The normalized spacial score (nSPS) is 27.2. The molecule has 19 heavy (non-hydrogen) atoms. The van der Waals surface area contributed by atoms with E-state index in [9.17, 15) is 4.79 Å². The van der Waals surface area contributed by atoms with Crippen LogP contribution in [0.5, 0.6) is 0 Å². The minimum Gasteiger partial charge on any atom is -0.354 e. The molecule has 0 saturated carbocycles. The lowest BCUT2D eigenvalue weighted by Gasteiger charge is -2.36. The Morgan fingerprint density at radius 2 is 2.11 bits per heavy atom. The molecule has 2 heterocycles. The lowest BCUT2D eigenvalue weighted by molar-refractivity contribution is -0.123. The highest BCUT2D eigenvalue weighted by atomic mass is 16.6. The summed E-state index contributed by atoms with van der Waals surface area (Å²) in [6, 6.07) is 9.35. The van der Waals surface area contributed by atoms with Crippen LogP contribution < -0.4 is 4.90 Å². The first-order valence-electron chi connectivity index (χ1n) is 6.32. The Bertz CT molecular complexity index is 560. The molecule has 0 aromatic heterocycles. The average molecular weight is 257 g/mol. The van der Waals surface area contributed by atoms with Gasteiger partial charge in [-0.15, -0.1) is 0 Å². The van der Waals surface area contributed by atoms with Gasteiger partial charge in [0, 0.05) is 13.1 Å². The van der Waals surface area contributed by atoms with Crippen LogP contribution in [0.15, 0.2) is 24.3 Å². The van der Waals surface area contributed by atoms with Crippen LogP contribution >= 0.6 is 0 Å². The summed E-state index contributed by atoms with van der Waals surface area (Å²) in [6.45, 7) is 4.39. The first kappa shape index (κ1) is 12.2. The molecule has 1 unspecified atom stereocenters. The SMILES string of the molecule is CC1(N2CCN(c3ccccc3C#N)C(=O)C2)CO1. The number of epoxide rings is 1. The van der Waals surface area contributed by atoms with Crippen molar-refractivity contribution >= 4 is 11.6 Å². The van der Waals surface area contributed by atoms with Crippen LogP contribution in [0.4, 0.5) is 5.69 Å². The second kappa shape index (κ2) is 4.34. The number of hydrogen-bond acceptors (Lipinski definition) is 4. The van der Waals surface area contributed by atoms with Gasteiger partial charge in [0.2, 0.25) is 5.91 Å². The Labute approximate surface area is 112 Å². The highest BCUT2D eigenvalue weighted by Gasteiger charge is 2.47. The summed E-state index contributed by atoms with van der Waals surface area (Å²) in [5.41, 5.74) is 0.992. The van der Waals surface area contributed by atoms with Crippen LogP contribution in [-0.2, 0) is 9.53 Å². The van der Waals surface area contributed by atoms with Gasteiger partial charge in [0.25, 0.3) is 0 Å². The number of hydrogen-bond donors (Lipinski definition) is 0. The molecule has 0 N–H and O–H groups in total. The lowest BCUT2D eigenvalue weighted by Crippen LogP contribution is -2.54. The number of para-hydroxylation sites is 1. The van der Waals surface area contributed by atoms with E-state index in [0.717, 1.165) is 6.54 Å². The molecule has 5 heteroatoms. The summed E-state index contributed by atoms with van der Waals surface area (Å²) in [7, 11) is 0. The van der Waals surface area contributed by atoms with Gasteiger partial charge in [-0.2, -0.15) is 5.26 Å². The Morgan fingerprint density at radius 1 is 1.37 bits per heavy atom. The molecular formula is C14H15N3O2. The molecule has 0 spiro atoms. The summed E-state index contributed by atoms with van der Waals surface area (Å²) in [5.74, 6) is 0.0191. The number of amides is 1. The molecule has 1 aromatic carbocycles. The zero-order chi connectivity index (χ0) is 13.5. The van der Waals surface area contributed by atoms with E-state index >= 15 is 0 Å². The topological polar surface area (TPSA) is 59.9 Å². The molecule has 0 bridgehead atoms. The van der Waals surface area contributed by atoms with Gasteiger partial charge in [0.05, 0.1) is 24.4 Å². The van der Waals surface area contributed by atoms with E-state index in [2.05, 4.69) is 11.0 Å². The van der Waals surface area contributed by atoms with Gasteiger partial charge in [-0.3, -0.25) is 9.69 Å². The number of benzene rings is 1. The minimum absolute atomic E-state index is 0.0191. The monoisotopic (exact) mass is 257 g/mol. The van der Waals surface area contributed by atoms with E-state index in [1.807, 2.05) is 25.1 Å². The molecule has 2 aliphatic heterocycles. The highest BCUT2D eigenvalue weighted by molar-refractivity contribution is 5.96.